The van der Waals surface area contributed by atoms with Crippen molar-refractivity contribution < 1.29 is 4.74 Å². The number of nitrogens with one attached hydrogen (secondary N) is 2. The van der Waals surface area contributed by atoms with Crippen molar-refractivity contribution in [1.82, 2.24) is 15.6 Å². The molecule has 0 radical (unpaired) electrons. The van der Waals surface area contributed by atoms with Gasteiger partial charge in [-0.15, -0.1) is 11.3 Å². The predicted octanol–water partition coefficient (Wildman–Crippen LogP) is 3.45. The van der Waals surface area contributed by atoms with Gasteiger partial charge in [0.25, 0.3) is 0 Å². The Bertz CT molecular complexity index is 715. The zero-order chi connectivity index (χ0) is 19.2. The van der Waals surface area contributed by atoms with Crippen LogP contribution in [-0.4, -0.2) is 38.2 Å². The van der Waals surface area contributed by atoms with E-state index in [9.17, 15) is 0 Å². The van der Waals surface area contributed by atoms with Crippen LogP contribution in [0.3, 0.4) is 0 Å². The number of hydrogen-bond donors (Lipinski definition) is 2. The van der Waals surface area contributed by atoms with Crippen molar-refractivity contribution in [1.29, 1.82) is 0 Å². The molecule has 0 aliphatic carbocycles. The molecule has 2 N–H and O–H groups in total. The van der Waals surface area contributed by atoms with Gasteiger partial charge in [-0.05, 0) is 31.5 Å². The molecule has 2 rings (SSSR count). The number of rotatable bonds is 7. The Hall–Kier alpha value is -2.08. The molecule has 0 amide bonds. The van der Waals surface area contributed by atoms with Gasteiger partial charge in [0, 0.05) is 36.9 Å². The lowest BCUT2D eigenvalue weighted by atomic mass is 9.84. The molecule has 1 heterocycles. The van der Waals surface area contributed by atoms with E-state index in [2.05, 4.69) is 60.4 Å². The van der Waals surface area contributed by atoms with Crippen LogP contribution in [0.5, 0.6) is 5.75 Å². The van der Waals surface area contributed by atoms with E-state index in [1.807, 2.05) is 12.1 Å². The smallest absolute Gasteiger partial charge is 0.191 e. The van der Waals surface area contributed by atoms with Gasteiger partial charge in [-0.25, -0.2) is 4.98 Å². The van der Waals surface area contributed by atoms with Gasteiger partial charge in [0.1, 0.15) is 5.75 Å². The zero-order valence-corrected chi connectivity index (χ0v) is 17.5. The fourth-order valence-electron chi connectivity index (χ4n) is 2.60. The molecule has 0 aliphatic rings. The Morgan fingerprint density at radius 2 is 1.88 bits per heavy atom. The first-order chi connectivity index (χ1) is 12.4. The summed E-state index contributed by atoms with van der Waals surface area (Å²) in [6.45, 7) is 10.2. The molecule has 0 bridgehead atoms. The molecule has 1 aromatic heterocycles. The monoisotopic (exact) mass is 374 g/mol. The van der Waals surface area contributed by atoms with Crippen molar-refractivity contribution in [3.63, 3.8) is 0 Å². The fraction of sp³-hybridized carbons (Fsp3) is 0.500. The Morgan fingerprint density at radius 1 is 1.19 bits per heavy atom. The van der Waals surface area contributed by atoms with Gasteiger partial charge in [0.15, 0.2) is 5.96 Å². The number of thiazole rings is 1. The van der Waals surface area contributed by atoms with E-state index in [-0.39, 0.29) is 5.41 Å². The summed E-state index contributed by atoms with van der Waals surface area (Å²) in [6.07, 6.45) is 0.905. The number of aromatic nitrogens is 1. The molecular formula is C20H30N4OS. The van der Waals surface area contributed by atoms with E-state index in [1.165, 1.54) is 15.4 Å². The average molecular weight is 375 g/mol. The quantitative estimate of drug-likeness (QED) is 0.576. The number of benzene rings is 1. The van der Waals surface area contributed by atoms with Crippen LogP contribution in [0.1, 0.15) is 35.0 Å². The largest absolute Gasteiger partial charge is 0.497 e. The molecule has 0 fully saturated rings. The number of aliphatic imine (C=N–C) groups is 1. The van der Waals surface area contributed by atoms with Crippen LogP contribution >= 0.6 is 11.3 Å². The minimum atomic E-state index is -0.0204. The van der Waals surface area contributed by atoms with Gasteiger partial charge in [0.2, 0.25) is 0 Å². The van der Waals surface area contributed by atoms with Gasteiger partial charge in [-0.2, -0.15) is 0 Å². The summed E-state index contributed by atoms with van der Waals surface area (Å²) in [5.41, 5.74) is 2.37. The van der Waals surface area contributed by atoms with Crippen LogP contribution in [0.4, 0.5) is 0 Å². The predicted molar refractivity (Wildman–Crippen MR) is 111 cm³/mol. The van der Waals surface area contributed by atoms with Gasteiger partial charge in [-0.1, -0.05) is 26.0 Å². The second kappa shape index (κ2) is 9.03. The van der Waals surface area contributed by atoms with Crippen molar-refractivity contribution in [2.45, 2.75) is 39.5 Å². The van der Waals surface area contributed by atoms with E-state index in [0.29, 0.717) is 0 Å². The summed E-state index contributed by atoms with van der Waals surface area (Å²) in [5.74, 6) is 1.69. The normalized spacial score (nSPS) is 12.2. The molecule has 6 heteroatoms. The summed E-state index contributed by atoms with van der Waals surface area (Å²) in [6, 6.07) is 8.23. The Labute approximate surface area is 160 Å². The fourth-order valence-corrected chi connectivity index (χ4v) is 3.54. The number of aryl methyl sites for hydroxylation is 2. The molecule has 0 spiro atoms. The molecule has 2 aromatic rings. The lowest BCUT2D eigenvalue weighted by Gasteiger charge is -2.27. The molecule has 0 saturated heterocycles. The van der Waals surface area contributed by atoms with Crippen LogP contribution in [0.2, 0.25) is 0 Å². The highest BCUT2D eigenvalue weighted by atomic mass is 32.1. The first-order valence-electron chi connectivity index (χ1n) is 8.87. The van der Waals surface area contributed by atoms with Crippen molar-refractivity contribution >= 4 is 17.3 Å². The second-order valence-electron chi connectivity index (χ2n) is 6.96. The summed E-state index contributed by atoms with van der Waals surface area (Å²) >= 11 is 1.77. The van der Waals surface area contributed by atoms with Gasteiger partial charge in [0.05, 0.1) is 17.8 Å². The second-order valence-corrected chi connectivity index (χ2v) is 8.25. The van der Waals surface area contributed by atoms with E-state index in [1.54, 1.807) is 25.5 Å². The molecule has 0 aliphatic heterocycles. The third-order valence-electron chi connectivity index (χ3n) is 4.50. The summed E-state index contributed by atoms with van der Waals surface area (Å²) in [7, 11) is 3.49. The maximum atomic E-state index is 5.24. The Kier molecular flexibility index (Phi) is 7.03. The van der Waals surface area contributed by atoms with Crippen LogP contribution in [0.15, 0.2) is 29.3 Å². The molecule has 0 unspecified atom stereocenters. The Balaban J connectivity index is 1.84. The van der Waals surface area contributed by atoms with Crippen molar-refractivity contribution in [2.75, 3.05) is 27.2 Å². The number of hydrogen-bond acceptors (Lipinski definition) is 4. The maximum Gasteiger partial charge on any atom is 0.191 e. The van der Waals surface area contributed by atoms with E-state index < -0.39 is 0 Å². The molecule has 26 heavy (non-hydrogen) atoms. The highest BCUT2D eigenvalue weighted by Crippen LogP contribution is 2.24. The number of nitrogens with zero attached hydrogens (tertiary/aromatic N) is 2. The number of guanidine groups is 1. The van der Waals surface area contributed by atoms with E-state index in [0.717, 1.165) is 36.9 Å². The molecule has 1 aromatic carbocycles. The molecule has 142 valence electrons. The number of ether oxygens (including phenoxy) is 1. The third-order valence-corrected chi connectivity index (χ3v) is 5.63. The number of methoxy groups -OCH3 is 1. The molecule has 0 atom stereocenters. The van der Waals surface area contributed by atoms with Gasteiger partial charge >= 0.3 is 0 Å². The highest BCUT2D eigenvalue weighted by molar-refractivity contribution is 7.11. The summed E-state index contributed by atoms with van der Waals surface area (Å²) in [4.78, 5) is 10.2. The third kappa shape index (κ3) is 5.46. The maximum absolute atomic E-state index is 5.24. The molecule has 0 saturated carbocycles. The minimum absolute atomic E-state index is 0.0204. The lowest BCUT2D eigenvalue weighted by molar-refractivity contribution is 0.414. The minimum Gasteiger partial charge on any atom is -0.497 e. The highest BCUT2D eigenvalue weighted by Gasteiger charge is 2.21. The van der Waals surface area contributed by atoms with Crippen molar-refractivity contribution in [3.05, 3.63) is 45.4 Å². The average Bonchev–Trinajstić information content (AvgIpc) is 2.95. The van der Waals surface area contributed by atoms with Crippen LogP contribution in [0.25, 0.3) is 0 Å². The van der Waals surface area contributed by atoms with Crippen LogP contribution in [-0.2, 0) is 11.8 Å². The zero-order valence-electron chi connectivity index (χ0n) is 16.6. The molecular weight excluding hydrogens is 344 g/mol. The van der Waals surface area contributed by atoms with E-state index >= 15 is 0 Å². The summed E-state index contributed by atoms with van der Waals surface area (Å²) in [5, 5.41) is 7.97. The lowest BCUT2D eigenvalue weighted by Crippen LogP contribution is -2.44. The Morgan fingerprint density at radius 3 is 2.42 bits per heavy atom. The van der Waals surface area contributed by atoms with Crippen molar-refractivity contribution in [3.8, 4) is 5.75 Å². The van der Waals surface area contributed by atoms with E-state index in [4.69, 9.17) is 4.74 Å². The SMILES string of the molecule is CN=C(NCCc1nc(C)c(C)s1)NCC(C)(C)c1ccc(OC)cc1. The topological polar surface area (TPSA) is 58.5 Å². The summed E-state index contributed by atoms with van der Waals surface area (Å²) < 4.78 is 5.24. The van der Waals surface area contributed by atoms with Crippen LogP contribution in [0, 0.1) is 13.8 Å². The van der Waals surface area contributed by atoms with Crippen LogP contribution < -0.4 is 15.4 Å². The standard InChI is InChI=1S/C20H30N4OS/c1-14-15(2)26-18(24-14)11-12-22-19(21-5)23-13-20(3,4)16-7-9-17(25-6)10-8-16/h7-10H,11-13H2,1-6H3,(H2,21,22,23). The van der Waals surface area contributed by atoms with Crippen molar-refractivity contribution in [2.24, 2.45) is 4.99 Å². The first-order valence-corrected chi connectivity index (χ1v) is 9.69. The van der Waals surface area contributed by atoms with Gasteiger partial charge in [-0.3, -0.25) is 4.99 Å². The first kappa shape index (κ1) is 20.2. The van der Waals surface area contributed by atoms with Gasteiger partial charge < -0.3 is 15.4 Å². The molecule has 5 nitrogen and oxygen atoms in total.